The molecule has 0 aliphatic rings. The van der Waals surface area contributed by atoms with Crippen LogP contribution in [0.3, 0.4) is 0 Å². The van der Waals surface area contributed by atoms with Gasteiger partial charge in [0, 0.05) is 19.7 Å². The Morgan fingerprint density at radius 2 is 2.05 bits per heavy atom. The predicted molar refractivity (Wildman–Crippen MR) is 76.9 cm³/mol. The molecule has 0 saturated carbocycles. The Labute approximate surface area is 111 Å². The fraction of sp³-hybridized carbons (Fsp3) is 0.200. The Morgan fingerprint density at radius 1 is 1.26 bits per heavy atom. The number of aryl methyl sites for hydroxylation is 2. The van der Waals surface area contributed by atoms with Gasteiger partial charge in [-0.15, -0.1) is 0 Å². The number of nitrogens with two attached hydrogens (primary N) is 1. The fourth-order valence-electron chi connectivity index (χ4n) is 2.31. The molecule has 3 aromatic rings. The SMILES string of the molecule is Cc1cc(N)ncc1Cc1nc2ccccc2n1C. The van der Waals surface area contributed by atoms with Gasteiger partial charge in [-0.25, -0.2) is 9.97 Å². The van der Waals surface area contributed by atoms with E-state index in [-0.39, 0.29) is 0 Å². The summed E-state index contributed by atoms with van der Waals surface area (Å²) in [6.45, 7) is 2.05. The molecule has 0 fully saturated rings. The van der Waals surface area contributed by atoms with Crippen LogP contribution >= 0.6 is 0 Å². The van der Waals surface area contributed by atoms with E-state index in [2.05, 4.69) is 27.5 Å². The molecular weight excluding hydrogens is 236 g/mol. The van der Waals surface area contributed by atoms with Crippen LogP contribution in [-0.4, -0.2) is 14.5 Å². The highest BCUT2D eigenvalue weighted by molar-refractivity contribution is 5.75. The highest BCUT2D eigenvalue weighted by atomic mass is 15.1. The zero-order valence-corrected chi connectivity index (χ0v) is 11.1. The Bertz CT molecular complexity index is 743. The first-order valence-electron chi connectivity index (χ1n) is 6.26. The lowest BCUT2D eigenvalue weighted by Gasteiger charge is -2.06. The molecule has 19 heavy (non-hydrogen) atoms. The molecule has 0 spiro atoms. The van der Waals surface area contributed by atoms with Crippen molar-refractivity contribution in [3.63, 3.8) is 0 Å². The van der Waals surface area contributed by atoms with Crippen LogP contribution in [-0.2, 0) is 13.5 Å². The van der Waals surface area contributed by atoms with Gasteiger partial charge in [-0.1, -0.05) is 12.1 Å². The second-order valence-corrected chi connectivity index (χ2v) is 4.79. The Kier molecular flexibility index (Phi) is 2.71. The second-order valence-electron chi connectivity index (χ2n) is 4.79. The number of benzene rings is 1. The van der Waals surface area contributed by atoms with Crippen LogP contribution in [0.25, 0.3) is 11.0 Å². The minimum absolute atomic E-state index is 0.561. The number of nitrogens with zero attached hydrogens (tertiary/aromatic N) is 3. The van der Waals surface area contributed by atoms with Gasteiger partial charge in [-0.05, 0) is 36.2 Å². The number of para-hydroxylation sites is 2. The summed E-state index contributed by atoms with van der Waals surface area (Å²) in [5.74, 6) is 1.60. The number of aromatic nitrogens is 3. The largest absolute Gasteiger partial charge is 0.384 e. The van der Waals surface area contributed by atoms with Gasteiger partial charge in [-0.2, -0.15) is 0 Å². The van der Waals surface area contributed by atoms with Crippen molar-refractivity contribution in [2.75, 3.05) is 5.73 Å². The number of fused-ring (bicyclic) bond motifs is 1. The van der Waals surface area contributed by atoms with Crippen LogP contribution in [0.1, 0.15) is 17.0 Å². The van der Waals surface area contributed by atoms with Crippen LogP contribution in [0.15, 0.2) is 36.5 Å². The van der Waals surface area contributed by atoms with Gasteiger partial charge in [0.15, 0.2) is 0 Å². The van der Waals surface area contributed by atoms with E-state index in [4.69, 9.17) is 5.73 Å². The summed E-state index contributed by atoms with van der Waals surface area (Å²) in [4.78, 5) is 8.84. The molecule has 1 aromatic carbocycles. The first-order valence-corrected chi connectivity index (χ1v) is 6.26. The maximum atomic E-state index is 5.68. The van der Waals surface area contributed by atoms with Crippen LogP contribution < -0.4 is 5.73 Å². The number of anilines is 1. The molecule has 0 atom stereocenters. The number of rotatable bonds is 2. The van der Waals surface area contributed by atoms with E-state index < -0.39 is 0 Å². The minimum Gasteiger partial charge on any atom is -0.384 e. The average Bonchev–Trinajstić information content (AvgIpc) is 2.70. The maximum Gasteiger partial charge on any atom is 0.123 e. The van der Waals surface area contributed by atoms with E-state index in [1.807, 2.05) is 37.5 Å². The monoisotopic (exact) mass is 252 g/mol. The van der Waals surface area contributed by atoms with Gasteiger partial charge >= 0.3 is 0 Å². The molecule has 2 N–H and O–H groups in total. The van der Waals surface area contributed by atoms with Crippen LogP contribution in [0, 0.1) is 6.92 Å². The summed E-state index contributed by atoms with van der Waals surface area (Å²) < 4.78 is 2.13. The van der Waals surface area contributed by atoms with E-state index in [0.29, 0.717) is 5.82 Å². The molecule has 3 rings (SSSR count). The molecule has 0 aliphatic carbocycles. The summed E-state index contributed by atoms with van der Waals surface area (Å²) in [6, 6.07) is 10.1. The van der Waals surface area contributed by atoms with Crippen molar-refractivity contribution in [1.29, 1.82) is 0 Å². The van der Waals surface area contributed by atoms with Crippen molar-refractivity contribution in [3.8, 4) is 0 Å². The summed E-state index contributed by atoms with van der Waals surface area (Å²) in [5, 5.41) is 0. The molecule has 2 heterocycles. The number of pyridine rings is 1. The van der Waals surface area contributed by atoms with Gasteiger partial charge in [-0.3, -0.25) is 0 Å². The third-order valence-electron chi connectivity index (χ3n) is 3.47. The van der Waals surface area contributed by atoms with Crippen LogP contribution in [0.4, 0.5) is 5.82 Å². The lowest BCUT2D eigenvalue weighted by molar-refractivity contribution is 0.840. The maximum absolute atomic E-state index is 5.68. The van der Waals surface area contributed by atoms with Gasteiger partial charge in [0.25, 0.3) is 0 Å². The lowest BCUT2D eigenvalue weighted by atomic mass is 10.1. The molecule has 0 bridgehead atoms. The number of nitrogen functional groups attached to an aromatic ring is 1. The van der Waals surface area contributed by atoms with Crippen molar-refractivity contribution >= 4 is 16.9 Å². The highest BCUT2D eigenvalue weighted by Gasteiger charge is 2.09. The van der Waals surface area contributed by atoms with Crippen molar-refractivity contribution in [2.45, 2.75) is 13.3 Å². The molecule has 0 aliphatic heterocycles. The lowest BCUT2D eigenvalue weighted by Crippen LogP contribution is -2.02. The van der Waals surface area contributed by atoms with E-state index in [9.17, 15) is 0 Å². The van der Waals surface area contributed by atoms with E-state index in [1.54, 1.807) is 0 Å². The first-order chi connectivity index (χ1) is 9.15. The number of imidazole rings is 1. The second kappa shape index (κ2) is 4.39. The summed E-state index contributed by atoms with van der Waals surface area (Å²) in [7, 11) is 2.05. The van der Waals surface area contributed by atoms with Crippen LogP contribution in [0.2, 0.25) is 0 Å². The van der Waals surface area contributed by atoms with Crippen molar-refractivity contribution in [3.05, 3.63) is 53.5 Å². The molecule has 0 unspecified atom stereocenters. The third-order valence-corrected chi connectivity index (χ3v) is 3.47. The quantitative estimate of drug-likeness (QED) is 0.762. The Hall–Kier alpha value is -2.36. The molecular formula is C15H16N4. The fourth-order valence-corrected chi connectivity index (χ4v) is 2.31. The molecule has 4 nitrogen and oxygen atoms in total. The zero-order valence-electron chi connectivity index (χ0n) is 11.1. The van der Waals surface area contributed by atoms with Crippen LogP contribution in [0.5, 0.6) is 0 Å². The molecule has 0 radical (unpaired) electrons. The first kappa shape index (κ1) is 11.7. The van der Waals surface area contributed by atoms with Crippen molar-refractivity contribution in [2.24, 2.45) is 7.05 Å². The summed E-state index contributed by atoms with van der Waals surface area (Å²) in [6.07, 6.45) is 2.61. The summed E-state index contributed by atoms with van der Waals surface area (Å²) in [5.41, 5.74) is 10.2. The van der Waals surface area contributed by atoms with E-state index in [1.165, 1.54) is 0 Å². The zero-order chi connectivity index (χ0) is 13.4. The average molecular weight is 252 g/mol. The van der Waals surface area contributed by atoms with Gasteiger partial charge < -0.3 is 10.3 Å². The normalized spacial score (nSPS) is 11.1. The predicted octanol–water partition coefficient (Wildman–Crippen LogP) is 2.45. The van der Waals surface area contributed by atoms with Crippen molar-refractivity contribution < 1.29 is 0 Å². The van der Waals surface area contributed by atoms with Gasteiger partial charge in [0.05, 0.1) is 11.0 Å². The number of hydrogen-bond acceptors (Lipinski definition) is 3. The third kappa shape index (κ3) is 2.05. The molecule has 0 amide bonds. The smallest absolute Gasteiger partial charge is 0.123 e. The van der Waals surface area contributed by atoms with E-state index in [0.717, 1.165) is 34.4 Å². The molecule has 2 aromatic heterocycles. The number of hydrogen-bond donors (Lipinski definition) is 1. The highest BCUT2D eigenvalue weighted by Crippen LogP contribution is 2.18. The summed E-state index contributed by atoms with van der Waals surface area (Å²) >= 11 is 0. The van der Waals surface area contributed by atoms with E-state index >= 15 is 0 Å². The molecule has 0 saturated heterocycles. The Morgan fingerprint density at radius 3 is 2.79 bits per heavy atom. The van der Waals surface area contributed by atoms with Gasteiger partial charge in [0.2, 0.25) is 0 Å². The topological polar surface area (TPSA) is 56.7 Å². The molecule has 4 heteroatoms. The van der Waals surface area contributed by atoms with Crippen molar-refractivity contribution in [1.82, 2.24) is 14.5 Å². The minimum atomic E-state index is 0.561. The standard InChI is InChI=1S/C15H16N4/c1-10-7-14(16)17-9-11(10)8-15-18-12-5-3-4-6-13(12)19(15)2/h3-7,9H,8H2,1-2H3,(H2,16,17). The Balaban J connectivity index is 2.03. The molecule has 96 valence electrons. The van der Waals surface area contributed by atoms with Gasteiger partial charge in [0.1, 0.15) is 11.6 Å².